The number of carbonyl (C=O) groups is 2. The maximum absolute atomic E-state index is 12.0. The summed E-state index contributed by atoms with van der Waals surface area (Å²) >= 11 is 0. The minimum absolute atomic E-state index is 0.232. The van der Waals surface area contributed by atoms with Crippen molar-refractivity contribution in [2.75, 3.05) is 0 Å². The molecule has 0 N–H and O–H groups in total. The predicted octanol–water partition coefficient (Wildman–Crippen LogP) is 5.60. The predicted molar refractivity (Wildman–Crippen MR) is 106 cm³/mol. The highest BCUT2D eigenvalue weighted by molar-refractivity contribution is 5.91. The monoisotopic (exact) mass is 370 g/mol. The average Bonchev–Trinajstić information content (AvgIpc) is 2.97. The summed E-state index contributed by atoms with van der Waals surface area (Å²) in [5.74, 6) is 2.92. The minimum Gasteiger partial charge on any atom is -0.435 e. The molecule has 0 bridgehead atoms. The van der Waals surface area contributed by atoms with Crippen molar-refractivity contribution in [3.8, 4) is 0 Å². The second kappa shape index (κ2) is 6.60. The molecule has 0 aromatic rings. The summed E-state index contributed by atoms with van der Waals surface area (Å²) in [5.41, 5.74) is 3.26. The first-order chi connectivity index (χ1) is 12.8. The van der Waals surface area contributed by atoms with E-state index >= 15 is 0 Å². The van der Waals surface area contributed by atoms with Crippen molar-refractivity contribution in [3.05, 3.63) is 23.5 Å². The summed E-state index contributed by atoms with van der Waals surface area (Å²) in [6.45, 7) is 8.55. The first-order valence-electron chi connectivity index (χ1n) is 10.8. The van der Waals surface area contributed by atoms with Gasteiger partial charge in [0.2, 0.25) is 0 Å². The van der Waals surface area contributed by atoms with E-state index in [1.165, 1.54) is 50.2 Å². The van der Waals surface area contributed by atoms with E-state index in [-0.39, 0.29) is 11.4 Å². The van der Waals surface area contributed by atoms with Crippen LogP contribution in [0.3, 0.4) is 0 Å². The molecule has 4 aliphatic rings. The molecule has 0 amide bonds. The number of fused-ring (bicyclic) bond motifs is 5. The second-order valence-corrected chi connectivity index (χ2v) is 10.1. The van der Waals surface area contributed by atoms with Gasteiger partial charge in [0.25, 0.3) is 0 Å². The Hall–Kier alpha value is -1.38. The fraction of sp³-hybridized carbons (Fsp3) is 0.750. The smallest absolute Gasteiger partial charge is 0.307 e. The van der Waals surface area contributed by atoms with Crippen molar-refractivity contribution in [1.82, 2.24) is 0 Å². The summed E-state index contributed by atoms with van der Waals surface area (Å²) in [5, 5.41) is 0. The molecule has 3 heteroatoms. The lowest BCUT2D eigenvalue weighted by Gasteiger charge is -2.58. The Morgan fingerprint density at radius 3 is 2.59 bits per heavy atom. The van der Waals surface area contributed by atoms with E-state index in [9.17, 15) is 9.59 Å². The molecule has 3 saturated carbocycles. The number of carbonyl (C=O) groups excluding carboxylic acids is 2. The number of rotatable bonds is 2. The van der Waals surface area contributed by atoms with Crippen LogP contribution < -0.4 is 0 Å². The van der Waals surface area contributed by atoms with Crippen molar-refractivity contribution < 1.29 is 14.3 Å². The molecule has 27 heavy (non-hydrogen) atoms. The van der Waals surface area contributed by atoms with Gasteiger partial charge in [-0.2, -0.15) is 0 Å². The van der Waals surface area contributed by atoms with Gasteiger partial charge in [-0.1, -0.05) is 19.4 Å². The molecule has 0 aromatic carbocycles. The summed E-state index contributed by atoms with van der Waals surface area (Å²) in [7, 11) is 0. The van der Waals surface area contributed by atoms with E-state index in [1.807, 2.05) is 6.08 Å². The molecule has 3 fully saturated rings. The third-order valence-corrected chi connectivity index (χ3v) is 8.92. The van der Waals surface area contributed by atoms with Crippen molar-refractivity contribution in [3.63, 3.8) is 0 Å². The van der Waals surface area contributed by atoms with Gasteiger partial charge in [0.15, 0.2) is 5.78 Å². The lowest BCUT2D eigenvalue weighted by atomic mass is 9.46. The molecule has 4 rings (SSSR count). The zero-order valence-electron chi connectivity index (χ0n) is 17.3. The largest absolute Gasteiger partial charge is 0.435 e. The highest BCUT2D eigenvalue weighted by Crippen LogP contribution is 2.67. The van der Waals surface area contributed by atoms with Gasteiger partial charge >= 0.3 is 5.97 Å². The summed E-state index contributed by atoms with van der Waals surface area (Å²) in [4.78, 5) is 23.2. The molecule has 3 nitrogen and oxygen atoms in total. The maximum Gasteiger partial charge on any atom is 0.307 e. The number of hydrogen-bond acceptors (Lipinski definition) is 3. The molecule has 0 spiro atoms. The third-order valence-electron chi connectivity index (χ3n) is 8.92. The molecular weight excluding hydrogens is 336 g/mol. The van der Waals surface area contributed by atoms with Crippen LogP contribution in [0.4, 0.5) is 0 Å². The van der Waals surface area contributed by atoms with Crippen LogP contribution in [0.2, 0.25) is 0 Å². The van der Waals surface area contributed by atoms with E-state index in [0.717, 1.165) is 37.0 Å². The number of hydrogen-bond donors (Lipinski definition) is 0. The van der Waals surface area contributed by atoms with Crippen LogP contribution in [0.1, 0.15) is 79.1 Å². The summed E-state index contributed by atoms with van der Waals surface area (Å²) < 4.78 is 5.20. The zero-order valence-corrected chi connectivity index (χ0v) is 17.3. The van der Waals surface area contributed by atoms with Crippen LogP contribution in [-0.4, -0.2) is 11.8 Å². The fourth-order valence-electron chi connectivity index (χ4n) is 7.57. The van der Waals surface area contributed by atoms with E-state index < -0.39 is 0 Å². The number of ether oxygens (including phenoxy) is 1. The minimum atomic E-state index is -0.232. The van der Waals surface area contributed by atoms with Crippen LogP contribution in [0.25, 0.3) is 0 Å². The van der Waals surface area contributed by atoms with Crippen molar-refractivity contribution in [2.45, 2.75) is 79.1 Å². The van der Waals surface area contributed by atoms with E-state index in [2.05, 4.69) is 20.8 Å². The Morgan fingerprint density at radius 2 is 1.85 bits per heavy atom. The third kappa shape index (κ3) is 2.93. The van der Waals surface area contributed by atoms with Gasteiger partial charge in [-0.05, 0) is 98.0 Å². The van der Waals surface area contributed by atoms with E-state index in [1.54, 1.807) is 6.26 Å². The molecule has 3 unspecified atom stereocenters. The van der Waals surface area contributed by atoms with E-state index in [0.29, 0.717) is 17.1 Å². The lowest BCUT2D eigenvalue weighted by molar-refractivity contribution is -0.135. The Bertz CT molecular complexity index is 717. The van der Waals surface area contributed by atoms with Gasteiger partial charge in [0, 0.05) is 13.3 Å². The Balaban J connectivity index is 1.59. The molecule has 0 saturated heterocycles. The zero-order chi connectivity index (χ0) is 19.4. The lowest BCUT2D eigenvalue weighted by Crippen LogP contribution is -2.50. The van der Waals surface area contributed by atoms with Crippen molar-refractivity contribution >= 4 is 11.8 Å². The van der Waals surface area contributed by atoms with Crippen LogP contribution in [0.15, 0.2) is 23.5 Å². The summed E-state index contributed by atoms with van der Waals surface area (Å²) in [6, 6.07) is 0. The van der Waals surface area contributed by atoms with Crippen molar-refractivity contribution in [1.29, 1.82) is 0 Å². The Morgan fingerprint density at radius 1 is 1.07 bits per heavy atom. The first kappa shape index (κ1) is 19.0. The van der Waals surface area contributed by atoms with Gasteiger partial charge in [0.05, 0.1) is 6.26 Å². The Labute approximate surface area is 163 Å². The number of esters is 1. The normalized spacial score (nSPS) is 44.1. The quantitative estimate of drug-likeness (QED) is 0.469. The molecule has 0 aliphatic heterocycles. The average molecular weight is 371 g/mol. The molecular formula is C24H34O3. The van der Waals surface area contributed by atoms with Crippen molar-refractivity contribution in [2.24, 2.45) is 34.5 Å². The van der Waals surface area contributed by atoms with Gasteiger partial charge in [-0.15, -0.1) is 0 Å². The van der Waals surface area contributed by atoms with Gasteiger partial charge in [-0.25, -0.2) is 0 Å². The first-order valence-corrected chi connectivity index (χ1v) is 10.8. The summed E-state index contributed by atoms with van der Waals surface area (Å²) in [6.07, 6.45) is 12.9. The van der Waals surface area contributed by atoms with Crippen LogP contribution in [-0.2, 0) is 14.3 Å². The maximum atomic E-state index is 12.0. The van der Waals surface area contributed by atoms with E-state index in [4.69, 9.17) is 4.74 Å². The van der Waals surface area contributed by atoms with Gasteiger partial charge in [-0.3, -0.25) is 9.59 Å². The Kier molecular flexibility index (Phi) is 4.63. The molecule has 6 atom stereocenters. The fourth-order valence-corrected chi connectivity index (χ4v) is 7.57. The second-order valence-electron chi connectivity index (χ2n) is 10.1. The molecule has 148 valence electrons. The van der Waals surface area contributed by atoms with Crippen LogP contribution >= 0.6 is 0 Å². The van der Waals surface area contributed by atoms with Crippen LogP contribution in [0.5, 0.6) is 0 Å². The highest BCUT2D eigenvalue weighted by atomic mass is 16.5. The molecule has 0 radical (unpaired) electrons. The number of allylic oxidation sites excluding steroid dienone is 2. The highest BCUT2D eigenvalue weighted by Gasteiger charge is 2.59. The molecule has 0 aromatic heterocycles. The molecule has 4 aliphatic carbocycles. The van der Waals surface area contributed by atoms with Gasteiger partial charge in [0.1, 0.15) is 0 Å². The van der Waals surface area contributed by atoms with Crippen LogP contribution in [0, 0.1) is 34.5 Å². The SMILES string of the molecule is CC(=O)OC=C(C)[C@H]1CCC2C3CCC4=CC(=O)CC[C@]4(C)C3CC[C@@]21C. The topological polar surface area (TPSA) is 43.4 Å². The number of ketones is 1. The van der Waals surface area contributed by atoms with Gasteiger partial charge < -0.3 is 4.74 Å². The standard InChI is InChI=1S/C24H34O3/c1-15(14-27-16(2)25)20-7-8-21-19-6-5-17-13-18(26)9-11-23(17,3)22(19)10-12-24(20,21)4/h13-14,19-22H,5-12H2,1-4H3/t19?,20-,21?,22?,23+,24-/m1/s1. The molecule has 0 heterocycles.